The molecule has 0 radical (unpaired) electrons. The van der Waals surface area contributed by atoms with Crippen molar-refractivity contribution in [3.63, 3.8) is 0 Å². The number of benzene rings is 2. The summed E-state index contributed by atoms with van der Waals surface area (Å²) in [6, 6.07) is 12.3. The highest BCUT2D eigenvalue weighted by atomic mass is 79.9. The first-order chi connectivity index (χ1) is 9.61. The molecule has 2 aromatic carbocycles. The molecule has 0 saturated heterocycles. The highest BCUT2D eigenvalue weighted by molar-refractivity contribution is 9.10. The first-order valence-electron chi connectivity index (χ1n) is 6.00. The van der Waals surface area contributed by atoms with Crippen molar-refractivity contribution in [3.05, 3.63) is 58.1 Å². The van der Waals surface area contributed by atoms with Gasteiger partial charge in [-0.3, -0.25) is 4.79 Å². The molecule has 0 aliphatic rings. The molecule has 1 amide bonds. The molecule has 4 nitrogen and oxygen atoms in total. The number of halogens is 1. The van der Waals surface area contributed by atoms with Gasteiger partial charge in [-0.25, -0.2) is 0 Å². The van der Waals surface area contributed by atoms with Gasteiger partial charge in [0.1, 0.15) is 11.5 Å². The number of nitrogens with one attached hydrogen (secondary N) is 1. The van der Waals surface area contributed by atoms with Gasteiger partial charge in [-0.1, -0.05) is 18.2 Å². The largest absolute Gasteiger partial charge is 0.507 e. The Morgan fingerprint density at radius 1 is 1.30 bits per heavy atom. The molecular weight excluding hydrogens is 322 g/mol. The molecule has 20 heavy (non-hydrogen) atoms. The molecule has 0 aliphatic carbocycles. The lowest BCUT2D eigenvalue weighted by atomic mass is 10.1. The van der Waals surface area contributed by atoms with Gasteiger partial charge in [-0.2, -0.15) is 0 Å². The summed E-state index contributed by atoms with van der Waals surface area (Å²) < 4.78 is 5.68. The van der Waals surface area contributed by atoms with E-state index in [9.17, 15) is 9.90 Å². The number of carbonyl (C=O) groups is 1. The Balaban J connectivity index is 2.09. The Labute approximate surface area is 125 Å². The van der Waals surface area contributed by atoms with Gasteiger partial charge in [0.05, 0.1) is 12.7 Å². The van der Waals surface area contributed by atoms with Crippen LogP contribution in [0, 0.1) is 0 Å². The van der Waals surface area contributed by atoms with Crippen LogP contribution in [-0.2, 0) is 6.54 Å². The van der Waals surface area contributed by atoms with E-state index in [4.69, 9.17) is 4.74 Å². The van der Waals surface area contributed by atoms with Crippen molar-refractivity contribution in [1.29, 1.82) is 0 Å². The van der Waals surface area contributed by atoms with Crippen LogP contribution >= 0.6 is 15.9 Å². The predicted octanol–water partition coefficient (Wildman–Crippen LogP) is 3.09. The number of hydrogen-bond acceptors (Lipinski definition) is 3. The second kappa shape index (κ2) is 6.43. The molecule has 0 aliphatic heterocycles. The van der Waals surface area contributed by atoms with Crippen molar-refractivity contribution < 1.29 is 14.6 Å². The number of rotatable bonds is 4. The minimum absolute atomic E-state index is 0.0532. The van der Waals surface area contributed by atoms with E-state index in [1.54, 1.807) is 19.2 Å². The molecule has 104 valence electrons. The number of aromatic hydroxyl groups is 1. The van der Waals surface area contributed by atoms with Crippen LogP contribution in [0.5, 0.6) is 11.5 Å². The van der Waals surface area contributed by atoms with Crippen molar-refractivity contribution in [2.75, 3.05) is 7.11 Å². The monoisotopic (exact) mass is 335 g/mol. The highest BCUT2D eigenvalue weighted by Gasteiger charge is 2.14. The van der Waals surface area contributed by atoms with E-state index in [1.807, 2.05) is 24.3 Å². The Morgan fingerprint density at radius 3 is 2.75 bits per heavy atom. The van der Waals surface area contributed by atoms with Gasteiger partial charge >= 0.3 is 0 Å². The van der Waals surface area contributed by atoms with E-state index >= 15 is 0 Å². The summed E-state index contributed by atoms with van der Waals surface area (Å²) in [5, 5.41) is 12.5. The summed E-state index contributed by atoms with van der Waals surface area (Å²) in [7, 11) is 1.59. The lowest BCUT2D eigenvalue weighted by molar-refractivity contribution is 0.0947. The summed E-state index contributed by atoms with van der Waals surface area (Å²) in [6.45, 7) is 0.358. The van der Waals surface area contributed by atoms with E-state index in [-0.39, 0.29) is 17.2 Å². The van der Waals surface area contributed by atoms with Crippen molar-refractivity contribution in [2.45, 2.75) is 6.54 Å². The van der Waals surface area contributed by atoms with Crippen LogP contribution in [0.2, 0.25) is 0 Å². The number of ether oxygens (including phenoxy) is 1. The zero-order valence-electron chi connectivity index (χ0n) is 10.9. The number of phenols is 1. The molecule has 2 rings (SSSR count). The summed E-state index contributed by atoms with van der Waals surface area (Å²) in [5.74, 6) is 0.348. The van der Waals surface area contributed by atoms with E-state index in [1.165, 1.54) is 6.07 Å². The fraction of sp³-hybridized carbons (Fsp3) is 0.133. The SMILES string of the molecule is COc1cccc(CNC(=O)c2c(O)cccc2Br)c1. The second-order valence-corrected chi connectivity index (χ2v) is 5.02. The maximum Gasteiger partial charge on any atom is 0.256 e. The van der Waals surface area contributed by atoms with Gasteiger partial charge in [0.15, 0.2) is 0 Å². The van der Waals surface area contributed by atoms with Crippen LogP contribution in [0.15, 0.2) is 46.9 Å². The Bertz CT molecular complexity index is 608. The number of methoxy groups -OCH3 is 1. The van der Waals surface area contributed by atoms with E-state index < -0.39 is 0 Å². The van der Waals surface area contributed by atoms with Crippen molar-refractivity contribution in [3.8, 4) is 11.5 Å². The Morgan fingerprint density at radius 2 is 2.05 bits per heavy atom. The Hall–Kier alpha value is -2.01. The third-order valence-electron chi connectivity index (χ3n) is 2.81. The molecule has 0 fully saturated rings. The van der Waals surface area contributed by atoms with E-state index in [2.05, 4.69) is 21.2 Å². The predicted molar refractivity (Wildman–Crippen MR) is 80.0 cm³/mol. The summed E-state index contributed by atoms with van der Waals surface area (Å²) in [4.78, 5) is 12.1. The van der Waals surface area contributed by atoms with Gasteiger partial charge in [0, 0.05) is 11.0 Å². The topological polar surface area (TPSA) is 58.6 Å². The quantitative estimate of drug-likeness (QED) is 0.902. The van der Waals surface area contributed by atoms with E-state index in [0.717, 1.165) is 11.3 Å². The molecule has 0 aromatic heterocycles. The van der Waals surface area contributed by atoms with Crippen LogP contribution in [0.3, 0.4) is 0 Å². The normalized spacial score (nSPS) is 10.1. The van der Waals surface area contributed by atoms with Crippen LogP contribution < -0.4 is 10.1 Å². The van der Waals surface area contributed by atoms with Crippen LogP contribution in [0.1, 0.15) is 15.9 Å². The average molecular weight is 336 g/mol. The fourth-order valence-corrected chi connectivity index (χ4v) is 2.33. The molecule has 0 saturated carbocycles. The number of hydrogen-bond donors (Lipinski definition) is 2. The third kappa shape index (κ3) is 3.30. The van der Waals surface area contributed by atoms with Crippen LogP contribution in [-0.4, -0.2) is 18.1 Å². The first-order valence-corrected chi connectivity index (χ1v) is 6.79. The number of amides is 1. The van der Waals surface area contributed by atoms with Gasteiger partial charge in [0.2, 0.25) is 0 Å². The molecule has 2 N–H and O–H groups in total. The maximum atomic E-state index is 12.1. The number of carbonyl (C=O) groups excluding carboxylic acids is 1. The minimum Gasteiger partial charge on any atom is -0.507 e. The molecular formula is C15H14BrNO3. The smallest absolute Gasteiger partial charge is 0.256 e. The van der Waals surface area contributed by atoms with Gasteiger partial charge in [-0.05, 0) is 45.8 Å². The maximum absolute atomic E-state index is 12.1. The van der Waals surface area contributed by atoms with Gasteiger partial charge in [0.25, 0.3) is 5.91 Å². The molecule has 0 atom stereocenters. The lowest BCUT2D eigenvalue weighted by Crippen LogP contribution is -2.23. The standard InChI is InChI=1S/C15H14BrNO3/c1-20-11-5-2-4-10(8-11)9-17-15(19)14-12(16)6-3-7-13(14)18/h2-8,18H,9H2,1H3,(H,17,19). The van der Waals surface area contributed by atoms with Crippen LogP contribution in [0.25, 0.3) is 0 Å². The average Bonchev–Trinajstić information content (AvgIpc) is 2.45. The first kappa shape index (κ1) is 14.4. The third-order valence-corrected chi connectivity index (χ3v) is 3.47. The highest BCUT2D eigenvalue weighted by Crippen LogP contribution is 2.25. The zero-order valence-corrected chi connectivity index (χ0v) is 12.5. The molecule has 0 unspecified atom stereocenters. The molecule has 2 aromatic rings. The van der Waals surface area contributed by atoms with Crippen LogP contribution in [0.4, 0.5) is 0 Å². The summed E-state index contributed by atoms with van der Waals surface area (Å²) in [6.07, 6.45) is 0. The Kier molecular flexibility index (Phi) is 4.63. The second-order valence-electron chi connectivity index (χ2n) is 4.17. The fourth-order valence-electron chi connectivity index (χ4n) is 1.79. The molecule has 5 heteroatoms. The molecule has 0 spiro atoms. The lowest BCUT2D eigenvalue weighted by Gasteiger charge is -2.09. The van der Waals surface area contributed by atoms with Gasteiger partial charge in [-0.15, -0.1) is 0 Å². The van der Waals surface area contributed by atoms with Gasteiger partial charge < -0.3 is 15.2 Å². The zero-order chi connectivity index (χ0) is 14.5. The number of phenolic OH excluding ortho intramolecular Hbond substituents is 1. The van der Waals surface area contributed by atoms with Crippen molar-refractivity contribution >= 4 is 21.8 Å². The van der Waals surface area contributed by atoms with E-state index in [0.29, 0.717) is 11.0 Å². The van der Waals surface area contributed by atoms with Crippen molar-refractivity contribution in [2.24, 2.45) is 0 Å². The summed E-state index contributed by atoms with van der Waals surface area (Å²) >= 11 is 3.26. The molecule has 0 heterocycles. The minimum atomic E-state index is -0.335. The van der Waals surface area contributed by atoms with Crippen molar-refractivity contribution in [1.82, 2.24) is 5.32 Å². The summed E-state index contributed by atoms with van der Waals surface area (Å²) in [5.41, 5.74) is 1.15. The molecule has 0 bridgehead atoms.